The van der Waals surface area contributed by atoms with Crippen LogP contribution in [0.25, 0.3) is 0 Å². The predicted octanol–water partition coefficient (Wildman–Crippen LogP) is 2.19. The highest BCUT2D eigenvalue weighted by Crippen LogP contribution is 2.33. The molecule has 1 fully saturated rings. The maximum absolute atomic E-state index is 11.9. The average molecular weight is 212 g/mol. The Labute approximate surface area is 91.2 Å². The van der Waals surface area contributed by atoms with Crippen molar-refractivity contribution in [1.29, 1.82) is 0 Å². The normalized spacial score (nSPS) is 31.8. The van der Waals surface area contributed by atoms with E-state index >= 15 is 0 Å². The smallest absolute Gasteiger partial charge is 0.303 e. The molecule has 0 aromatic carbocycles. The van der Waals surface area contributed by atoms with E-state index in [1.807, 2.05) is 6.92 Å². The van der Waals surface area contributed by atoms with Crippen molar-refractivity contribution in [3.05, 3.63) is 0 Å². The largest absolute Gasteiger partial charge is 0.454 e. The number of hydrogen-bond donors (Lipinski definition) is 0. The van der Waals surface area contributed by atoms with Gasteiger partial charge < -0.3 is 4.74 Å². The summed E-state index contributed by atoms with van der Waals surface area (Å²) in [5.41, 5.74) is 0. The van der Waals surface area contributed by atoms with Crippen LogP contribution in [0.3, 0.4) is 0 Å². The SMILES string of the molecule is CC(=O)O[C@H]1C(=O)[C@H](C)CC[C@H]1C(C)C. The van der Waals surface area contributed by atoms with Gasteiger partial charge in [-0.3, -0.25) is 9.59 Å². The first kappa shape index (κ1) is 12.2. The summed E-state index contributed by atoms with van der Waals surface area (Å²) in [6, 6.07) is 0. The number of esters is 1. The summed E-state index contributed by atoms with van der Waals surface area (Å²) in [5, 5.41) is 0. The van der Waals surface area contributed by atoms with Crippen LogP contribution in [0.2, 0.25) is 0 Å². The Kier molecular flexibility index (Phi) is 3.89. The highest BCUT2D eigenvalue weighted by Gasteiger charge is 2.39. The van der Waals surface area contributed by atoms with Crippen molar-refractivity contribution >= 4 is 11.8 Å². The van der Waals surface area contributed by atoms with Crippen LogP contribution in [0.5, 0.6) is 0 Å². The molecule has 0 amide bonds. The van der Waals surface area contributed by atoms with Crippen LogP contribution in [-0.2, 0) is 14.3 Å². The minimum Gasteiger partial charge on any atom is -0.454 e. The van der Waals surface area contributed by atoms with Crippen molar-refractivity contribution in [2.75, 3.05) is 0 Å². The van der Waals surface area contributed by atoms with E-state index in [2.05, 4.69) is 13.8 Å². The Bertz CT molecular complexity index is 258. The van der Waals surface area contributed by atoms with Crippen molar-refractivity contribution in [2.24, 2.45) is 17.8 Å². The molecule has 0 aliphatic heterocycles. The molecule has 1 aliphatic rings. The maximum Gasteiger partial charge on any atom is 0.303 e. The first-order valence-corrected chi connectivity index (χ1v) is 5.64. The molecule has 0 heterocycles. The number of carbonyl (C=O) groups excluding carboxylic acids is 2. The average Bonchev–Trinajstić information content (AvgIpc) is 2.12. The van der Waals surface area contributed by atoms with Gasteiger partial charge in [-0.25, -0.2) is 0 Å². The van der Waals surface area contributed by atoms with Crippen LogP contribution in [0, 0.1) is 17.8 Å². The van der Waals surface area contributed by atoms with Crippen LogP contribution in [0.4, 0.5) is 0 Å². The monoisotopic (exact) mass is 212 g/mol. The fourth-order valence-corrected chi connectivity index (χ4v) is 2.23. The number of Topliss-reactive ketones (excluding diaryl/α,β-unsaturated/α-hetero) is 1. The zero-order valence-corrected chi connectivity index (χ0v) is 9.95. The van der Waals surface area contributed by atoms with Crippen LogP contribution < -0.4 is 0 Å². The summed E-state index contributed by atoms with van der Waals surface area (Å²) in [4.78, 5) is 22.9. The van der Waals surface area contributed by atoms with Crippen molar-refractivity contribution in [3.63, 3.8) is 0 Å². The molecular formula is C12H20O3. The number of ketones is 1. The second-order valence-corrected chi connectivity index (χ2v) is 4.82. The van der Waals surface area contributed by atoms with Gasteiger partial charge in [-0.2, -0.15) is 0 Å². The zero-order chi connectivity index (χ0) is 11.6. The molecule has 1 saturated carbocycles. The van der Waals surface area contributed by atoms with Gasteiger partial charge in [-0.1, -0.05) is 20.8 Å². The summed E-state index contributed by atoms with van der Waals surface area (Å²) in [6.07, 6.45) is 1.38. The van der Waals surface area contributed by atoms with E-state index in [0.29, 0.717) is 5.92 Å². The van der Waals surface area contributed by atoms with Crippen LogP contribution in [0.1, 0.15) is 40.5 Å². The maximum atomic E-state index is 11.9. The van der Waals surface area contributed by atoms with E-state index in [9.17, 15) is 9.59 Å². The molecule has 15 heavy (non-hydrogen) atoms. The van der Waals surface area contributed by atoms with Gasteiger partial charge in [0.25, 0.3) is 0 Å². The zero-order valence-electron chi connectivity index (χ0n) is 9.95. The first-order valence-electron chi connectivity index (χ1n) is 5.64. The standard InChI is InChI=1S/C12H20O3/c1-7(2)10-6-5-8(3)11(14)12(10)15-9(4)13/h7-8,10,12H,5-6H2,1-4H3/t8-,10+,12-/m1/s1. The van der Waals surface area contributed by atoms with Crippen molar-refractivity contribution in [3.8, 4) is 0 Å². The highest BCUT2D eigenvalue weighted by molar-refractivity contribution is 5.88. The molecular weight excluding hydrogens is 192 g/mol. The number of ether oxygens (including phenoxy) is 1. The topological polar surface area (TPSA) is 43.4 Å². The van der Waals surface area contributed by atoms with Gasteiger partial charge in [-0.05, 0) is 18.8 Å². The highest BCUT2D eigenvalue weighted by atomic mass is 16.5. The van der Waals surface area contributed by atoms with Crippen molar-refractivity contribution < 1.29 is 14.3 Å². The van der Waals surface area contributed by atoms with E-state index in [0.717, 1.165) is 12.8 Å². The molecule has 86 valence electrons. The van der Waals surface area contributed by atoms with E-state index in [-0.39, 0.29) is 23.6 Å². The lowest BCUT2D eigenvalue weighted by Crippen LogP contribution is -2.43. The van der Waals surface area contributed by atoms with Gasteiger partial charge in [0, 0.05) is 18.8 Å². The molecule has 0 spiro atoms. The molecule has 1 aliphatic carbocycles. The summed E-state index contributed by atoms with van der Waals surface area (Å²) in [6.45, 7) is 7.42. The first-order chi connectivity index (χ1) is 6.93. The number of carbonyl (C=O) groups is 2. The molecule has 0 radical (unpaired) electrons. The molecule has 0 bridgehead atoms. The van der Waals surface area contributed by atoms with Gasteiger partial charge >= 0.3 is 5.97 Å². The van der Waals surface area contributed by atoms with Gasteiger partial charge in [0.1, 0.15) is 0 Å². The quantitative estimate of drug-likeness (QED) is 0.659. The van der Waals surface area contributed by atoms with E-state index in [4.69, 9.17) is 4.74 Å². The van der Waals surface area contributed by atoms with Crippen molar-refractivity contribution in [1.82, 2.24) is 0 Å². The Morgan fingerprint density at radius 3 is 2.47 bits per heavy atom. The second kappa shape index (κ2) is 4.77. The minimum atomic E-state index is -0.508. The third-order valence-corrected chi connectivity index (χ3v) is 3.24. The Morgan fingerprint density at radius 1 is 1.40 bits per heavy atom. The molecule has 0 aromatic heterocycles. The number of hydrogen-bond acceptors (Lipinski definition) is 3. The molecule has 3 atom stereocenters. The van der Waals surface area contributed by atoms with E-state index in [1.165, 1.54) is 6.92 Å². The summed E-state index contributed by atoms with van der Waals surface area (Å²) in [5.74, 6) is 0.344. The predicted molar refractivity (Wildman–Crippen MR) is 57.3 cm³/mol. The lowest BCUT2D eigenvalue weighted by atomic mass is 9.74. The minimum absolute atomic E-state index is 0.0318. The fraction of sp³-hybridized carbons (Fsp3) is 0.833. The third-order valence-electron chi connectivity index (χ3n) is 3.24. The summed E-state index contributed by atoms with van der Waals surface area (Å²) >= 11 is 0. The van der Waals surface area contributed by atoms with Gasteiger partial charge in [0.2, 0.25) is 0 Å². The fourth-order valence-electron chi connectivity index (χ4n) is 2.23. The lowest BCUT2D eigenvalue weighted by molar-refractivity contribution is -0.162. The van der Waals surface area contributed by atoms with E-state index < -0.39 is 6.10 Å². The van der Waals surface area contributed by atoms with Crippen LogP contribution >= 0.6 is 0 Å². The molecule has 1 rings (SSSR count). The molecule has 0 aromatic rings. The summed E-state index contributed by atoms with van der Waals surface area (Å²) < 4.78 is 5.16. The van der Waals surface area contributed by atoms with Crippen molar-refractivity contribution in [2.45, 2.75) is 46.6 Å². The molecule has 0 unspecified atom stereocenters. The Morgan fingerprint density at radius 2 is 2.00 bits per heavy atom. The Hall–Kier alpha value is -0.860. The van der Waals surface area contributed by atoms with Crippen LogP contribution in [0.15, 0.2) is 0 Å². The molecule has 3 heteroatoms. The van der Waals surface area contributed by atoms with Gasteiger partial charge in [-0.15, -0.1) is 0 Å². The Balaban J connectivity index is 2.79. The second-order valence-electron chi connectivity index (χ2n) is 4.82. The van der Waals surface area contributed by atoms with Gasteiger partial charge in [0.05, 0.1) is 0 Å². The lowest BCUT2D eigenvalue weighted by Gasteiger charge is -2.35. The summed E-state index contributed by atoms with van der Waals surface area (Å²) in [7, 11) is 0. The molecule has 3 nitrogen and oxygen atoms in total. The molecule has 0 saturated heterocycles. The van der Waals surface area contributed by atoms with Crippen LogP contribution in [-0.4, -0.2) is 17.9 Å². The molecule has 0 N–H and O–H groups in total. The van der Waals surface area contributed by atoms with E-state index in [1.54, 1.807) is 0 Å². The third kappa shape index (κ3) is 2.80. The number of rotatable bonds is 2. The van der Waals surface area contributed by atoms with Gasteiger partial charge in [0.15, 0.2) is 11.9 Å².